The van der Waals surface area contributed by atoms with Crippen molar-refractivity contribution in [3.05, 3.63) is 24.3 Å². The van der Waals surface area contributed by atoms with Crippen LogP contribution in [-0.2, 0) is 4.84 Å². The number of hydroxylamine groups is 2. The first-order chi connectivity index (χ1) is 8.43. The van der Waals surface area contributed by atoms with E-state index < -0.39 is 5.79 Å². The van der Waals surface area contributed by atoms with Gasteiger partial charge in [0.05, 0.1) is 0 Å². The summed E-state index contributed by atoms with van der Waals surface area (Å²) in [6.07, 6.45) is 2.22. The Hall–Kier alpha value is -1.26. The Balaban J connectivity index is 2.50. The lowest BCUT2D eigenvalue weighted by molar-refractivity contribution is -0.291. The minimum absolute atomic E-state index is 0.223. The normalized spacial score (nSPS) is 11.8. The van der Waals surface area contributed by atoms with E-state index in [0.29, 0.717) is 5.75 Å². The molecule has 0 bridgehead atoms. The summed E-state index contributed by atoms with van der Waals surface area (Å²) < 4.78 is 5.73. The molecular formula is C14H23NO3. The van der Waals surface area contributed by atoms with Gasteiger partial charge in [-0.05, 0) is 30.7 Å². The standard InChI is InChI=1S/C14H23NO3/c1-5-6-11-15(4)18-14(2,3)17-13-9-7-12(16)8-10-13/h7-10,16H,5-6,11H2,1-4H3. The van der Waals surface area contributed by atoms with Crippen LogP contribution in [0.5, 0.6) is 11.5 Å². The van der Waals surface area contributed by atoms with E-state index in [2.05, 4.69) is 6.92 Å². The zero-order valence-electron chi connectivity index (χ0n) is 11.6. The van der Waals surface area contributed by atoms with Crippen molar-refractivity contribution in [2.24, 2.45) is 0 Å². The number of phenols is 1. The number of aromatic hydroxyl groups is 1. The molecule has 0 saturated heterocycles. The van der Waals surface area contributed by atoms with E-state index in [1.165, 1.54) is 0 Å². The molecule has 1 aromatic carbocycles. The van der Waals surface area contributed by atoms with Crippen molar-refractivity contribution in [1.29, 1.82) is 0 Å². The van der Waals surface area contributed by atoms with Crippen LogP contribution >= 0.6 is 0 Å². The van der Waals surface area contributed by atoms with Gasteiger partial charge in [-0.2, -0.15) is 5.06 Å². The van der Waals surface area contributed by atoms with Gasteiger partial charge in [-0.25, -0.2) is 0 Å². The van der Waals surface area contributed by atoms with Gasteiger partial charge in [-0.1, -0.05) is 13.3 Å². The van der Waals surface area contributed by atoms with Crippen LogP contribution in [0.3, 0.4) is 0 Å². The molecule has 0 aliphatic carbocycles. The smallest absolute Gasteiger partial charge is 0.223 e. The quantitative estimate of drug-likeness (QED) is 0.598. The molecule has 0 atom stereocenters. The molecule has 0 spiro atoms. The average molecular weight is 253 g/mol. The summed E-state index contributed by atoms with van der Waals surface area (Å²) in [4.78, 5) is 5.72. The molecule has 4 heteroatoms. The van der Waals surface area contributed by atoms with E-state index in [1.54, 1.807) is 29.3 Å². The molecular weight excluding hydrogens is 230 g/mol. The predicted octanol–water partition coefficient (Wildman–Crippen LogP) is 3.17. The predicted molar refractivity (Wildman–Crippen MR) is 71.4 cm³/mol. The number of ether oxygens (including phenoxy) is 1. The van der Waals surface area contributed by atoms with Gasteiger partial charge < -0.3 is 9.84 Å². The van der Waals surface area contributed by atoms with Crippen LogP contribution in [0.4, 0.5) is 0 Å². The van der Waals surface area contributed by atoms with Gasteiger partial charge in [0.1, 0.15) is 11.5 Å². The van der Waals surface area contributed by atoms with Gasteiger partial charge >= 0.3 is 0 Å². The zero-order valence-corrected chi connectivity index (χ0v) is 11.6. The summed E-state index contributed by atoms with van der Waals surface area (Å²) in [5.74, 6) is 0.155. The van der Waals surface area contributed by atoms with E-state index in [-0.39, 0.29) is 5.75 Å². The van der Waals surface area contributed by atoms with Crippen molar-refractivity contribution in [3.63, 3.8) is 0 Å². The second-order valence-corrected chi connectivity index (χ2v) is 4.79. The van der Waals surface area contributed by atoms with Gasteiger partial charge in [0.15, 0.2) is 0 Å². The van der Waals surface area contributed by atoms with Crippen LogP contribution in [0.1, 0.15) is 33.6 Å². The van der Waals surface area contributed by atoms with E-state index in [9.17, 15) is 5.11 Å². The molecule has 0 heterocycles. The van der Waals surface area contributed by atoms with Crippen molar-refractivity contribution < 1.29 is 14.7 Å². The molecule has 0 aromatic heterocycles. The minimum Gasteiger partial charge on any atom is -0.508 e. The fraction of sp³-hybridized carbons (Fsp3) is 0.571. The number of nitrogens with zero attached hydrogens (tertiary/aromatic N) is 1. The van der Waals surface area contributed by atoms with E-state index >= 15 is 0 Å². The number of hydrogen-bond acceptors (Lipinski definition) is 4. The summed E-state index contributed by atoms with van der Waals surface area (Å²) in [6.45, 7) is 6.75. The highest BCUT2D eigenvalue weighted by Crippen LogP contribution is 2.22. The van der Waals surface area contributed by atoms with Crippen LogP contribution in [0.2, 0.25) is 0 Å². The lowest BCUT2D eigenvalue weighted by Gasteiger charge is -2.30. The number of rotatable bonds is 7. The summed E-state index contributed by atoms with van der Waals surface area (Å²) >= 11 is 0. The molecule has 0 aliphatic heterocycles. The van der Waals surface area contributed by atoms with Crippen molar-refractivity contribution in [3.8, 4) is 11.5 Å². The molecule has 0 radical (unpaired) electrons. The third-order valence-electron chi connectivity index (χ3n) is 2.40. The Bertz CT molecular complexity index is 349. The number of unbranched alkanes of at least 4 members (excludes halogenated alkanes) is 1. The van der Waals surface area contributed by atoms with Gasteiger partial charge in [-0.15, -0.1) is 0 Å². The second-order valence-electron chi connectivity index (χ2n) is 4.79. The second kappa shape index (κ2) is 6.61. The Morgan fingerprint density at radius 3 is 2.39 bits per heavy atom. The Morgan fingerprint density at radius 1 is 1.22 bits per heavy atom. The summed E-state index contributed by atoms with van der Waals surface area (Å²) in [6, 6.07) is 6.61. The maximum atomic E-state index is 9.20. The first-order valence-electron chi connectivity index (χ1n) is 6.31. The molecule has 0 aliphatic rings. The number of hydrogen-bond donors (Lipinski definition) is 1. The number of phenolic OH excluding ortho intramolecular Hbond substituents is 1. The Kier molecular flexibility index (Phi) is 5.44. The van der Waals surface area contributed by atoms with E-state index in [4.69, 9.17) is 9.57 Å². The lowest BCUT2D eigenvalue weighted by Crippen LogP contribution is -2.39. The first kappa shape index (κ1) is 14.8. The summed E-state index contributed by atoms with van der Waals surface area (Å²) in [7, 11) is 1.90. The third kappa shape index (κ3) is 5.38. The van der Waals surface area contributed by atoms with Crippen LogP contribution in [-0.4, -0.2) is 29.5 Å². The highest BCUT2D eigenvalue weighted by atomic mass is 16.8. The highest BCUT2D eigenvalue weighted by molar-refractivity contribution is 5.30. The van der Waals surface area contributed by atoms with Crippen molar-refractivity contribution in [2.45, 2.75) is 39.4 Å². The lowest BCUT2D eigenvalue weighted by atomic mass is 10.3. The van der Waals surface area contributed by atoms with Crippen LogP contribution in [0, 0.1) is 0 Å². The molecule has 0 saturated carbocycles. The maximum Gasteiger partial charge on any atom is 0.223 e. The van der Waals surface area contributed by atoms with Crippen LogP contribution in [0.15, 0.2) is 24.3 Å². The summed E-state index contributed by atoms with van der Waals surface area (Å²) in [5, 5.41) is 11.0. The Labute approximate surface area is 109 Å². The van der Waals surface area contributed by atoms with Crippen molar-refractivity contribution >= 4 is 0 Å². The van der Waals surface area contributed by atoms with Gasteiger partial charge in [0.2, 0.25) is 5.79 Å². The van der Waals surface area contributed by atoms with Crippen molar-refractivity contribution in [2.75, 3.05) is 13.6 Å². The zero-order chi connectivity index (χ0) is 13.6. The molecule has 0 unspecified atom stereocenters. The van der Waals surface area contributed by atoms with Crippen LogP contribution in [0.25, 0.3) is 0 Å². The molecule has 102 valence electrons. The van der Waals surface area contributed by atoms with Crippen LogP contribution < -0.4 is 4.74 Å². The molecule has 18 heavy (non-hydrogen) atoms. The molecule has 0 fully saturated rings. The largest absolute Gasteiger partial charge is 0.508 e. The van der Waals surface area contributed by atoms with Gasteiger partial charge in [0.25, 0.3) is 0 Å². The average Bonchev–Trinajstić information content (AvgIpc) is 2.28. The topological polar surface area (TPSA) is 41.9 Å². The van der Waals surface area contributed by atoms with Crippen molar-refractivity contribution in [1.82, 2.24) is 5.06 Å². The number of benzene rings is 1. The SMILES string of the molecule is CCCCN(C)OC(C)(C)Oc1ccc(O)cc1. The fourth-order valence-electron chi connectivity index (χ4n) is 1.62. The van der Waals surface area contributed by atoms with E-state index in [1.807, 2.05) is 20.9 Å². The fourth-order valence-corrected chi connectivity index (χ4v) is 1.62. The highest BCUT2D eigenvalue weighted by Gasteiger charge is 2.23. The van der Waals surface area contributed by atoms with Gasteiger partial charge in [-0.3, -0.25) is 4.84 Å². The van der Waals surface area contributed by atoms with E-state index in [0.717, 1.165) is 19.4 Å². The molecule has 1 aromatic rings. The maximum absolute atomic E-state index is 9.20. The third-order valence-corrected chi connectivity index (χ3v) is 2.40. The first-order valence-corrected chi connectivity index (χ1v) is 6.31. The molecule has 4 nitrogen and oxygen atoms in total. The monoisotopic (exact) mass is 253 g/mol. The minimum atomic E-state index is -0.737. The molecule has 0 amide bonds. The van der Waals surface area contributed by atoms with Gasteiger partial charge in [0, 0.05) is 27.4 Å². The Morgan fingerprint density at radius 2 is 1.83 bits per heavy atom. The summed E-state index contributed by atoms with van der Waals surface area (Å²) in [5.41, 5.74) is 0. The molecule has 1 N–H and O–H groups in total. The molecule has 1 rings (SSSR count).